The van der Waals surface area contributed by atoms with Gasteiger partial charge in [-0.05, 0) is 44.6 Å². The number of nitrogens with one attached hydrogen (secondary N) is 1. The summed E-state index contributed by atoms with van der Waals surface area (Å²) in [6.07, 6.45) is 6.29. The van der Waals surface area contributed by atoms with Crippen LogP contribution in [0.5, 0.6) is 0 Å². The minimum Gasteiger partial charge on any atom is -0.466 e. The van der Waals surface area contributed by atoms with Gasteiger partial charge in [-0.15, -0.1) is 0 Å². The summed E-state index contributed by atoms with van der Waals surface area (Å²) in [5.74, 6) is -2.45. The van der Waals surface area contributed by atoms with E-state index in [0.717, 1.165) is 31.2 Å². The fraction of sp³-hybridized carbons (Fsp3) is 0.667. The topological polar surface area (TPSA) is 105 Å². The fourth-order valence-electron chi connectivity index (χ4n) is 6.95. The van der Waals surface area contributed by atoms with Crippen LogP contribution in [0.2, 0.25) is 0 Å². The molecule has 5 rings (SSSR count). The molecular formula is C27H36N2O6. The Morgan fingerprint density at radius 1 is 1.20 bits per heavy atom. The average molecular weight is 485 g/mol. The van der Waals surface area contributed by atoms with Gasteiger partial charge in [0.15, 0.2) is 0 Å². The SMILES string of the molecule is CCOC(=O)[C@@H]1[C@@H]2CCC3(O2)C(C(=O)NC2CCCCC2)N([C@@H](CO)Cc2ccccc2)C(=O)[C@H]13. The van der Waals surface area contributed by atoms with E-state index in [9.17, 15) is 19.5 Å². The van der Waals surface area contributed by atoms with E-state index in [1.165, 1.54) is 6.42 Å². The third kappa shape index (κ3) is 4.14. The van der Waals surface area contributed by atoms with Crippen molar-refractivity contribution < 1.29 is 29.0 Å². The molecule has 2 unspecified atom stereocenters. The van der Waals surface area contributed by atoms with Gasteiger partial charge < -0.3 is 24.8 Å². The van der Waals surface area contributed by atoms with Crippen LogP contribution in [0.1, 0.15) is 57.4 Å². The maximum absolute atomic E-state index is 14.0. The molecule has 2 N–H and O–H groups in total. The molecular weight excluding hydrogens is 448 g/mol. The molecule has 2 bridgehead atoms. The smallest absolute Gasteiger partial charge is 0.312 e. The third-order valence-electron chi connectivity index (χ3n) is 8.41. The van der Waals surface area contributed by atoms with Gasteiger partial charge in [0.2, 0.25) is 11.8 Å². The zero-order valence-electron chi connectivity index (χ0n) is 20.4. The van der Waals surface area contributed by atoms with Crippen molar-refractivity contribution in [1.29, 1.82) is 0 Å². The van der Waals surface area contributed by atoms with Crippen molar-refractivity contribution in [2.45, 2.75) is 88.1 Å². The molecule has 3 saturated heterocycles. The summed E-state index contributed by atoms with van der Waals surface area (Å²) in [6.45, 7) is 1.68. The number of rotatable bonds is 8. The number of benzene rings is 1. The van der Waals surface area contributed by atoms with E-state index < -0.39 is 41.6 Å². The normalized spacial score (nSPS) is 33.0. The molecule has 8 nitrogen and oxygen atoms in total. The molecule has 6 atom stereocenters. The van der Waals surface area contributed by atoms with Crippen LogP contribution in [-0.4, -0.2) is 70.8 Å². The molecule has 8 heteroatoms. The highest BCUT2D eigenvalue weighted by Crippen LogP contribution is 2.59. The Labute approximate surface area is 206 Å². The molecule has 4 fully saturated rings. The van der Waals surface area contributed by atoms with E-state index in [0.29, 0.717) is 19.3 Å². The minimum atomic E-state index is -1.07. The number of ether oxygens (including phenoxy) is 2. The van der Waals surface area contributed by atoms with Crippen LogP contribution in [0.4, 0.5) is 0 Å². The van der Waals surface area contributed by atoms with E-state index in [2.05, 4.69) is 5.32 Å². The summed E-state index contributed by atoms with van der Waals surface area (Å²) in [5, 5.41) is 13.6. The van der Waals surface area contributed by atoms with Crippen molar-refractivity contribution in [2.75, 3.05) is 13.2 Å². The van der Waals surface area contributed by atoms with Crippen LogP contribution in [0.25, 0.3) is 0 Å². The lowest BCUT2D eigenvalue weighted by atomic mass is 9.70. The monoisotopic (exact) mass is 484 g/mol. The number of carbonyl (C=O) groups is 3. The predicted molar refractivity (Wildman–Crippen MR) is 127 cm³/mol. The Morgan fingerprint density at radius 2 is 1.94 bits per heavy atom. The van der Waals surface area contributed by atoms with E-state index in [1.807, 2.05) is 30.3 Å². The number of hydrogen-bond acceptors (Lipinski definition) is 6. The van der Waals surface area contributed by atoms with Crippen LogP contribution in [-0.2, 0) is 30.3 Å². The van der Waals surface area contributed by atoms with Gasteiger partial charge >= 0.3 is 5.97 Å². The van der Waals surface area contributed by atoms with Gasteiger partial charge in [-0.3, -0.25) is 14.4 Å². The van der Waals surface area contributed by atoms with Gasteiger partial charge in [0.05, 0.1) is 37.2 Å². The minimum absolute atomic E-state index is 0.0739. The number of fused-ring (bicyclic) bond motifs is 1. The van der Waals surface area contributed by atoms with Gasteiger partial charge in [-0.2, -0.15) is 0 Å². The Hall–Kier alpha value is -2.45. The van der Waals surface area contributed by atoms with Gasteiger partial charge in [-0.25, -0.2) is 0 Å². The first kappa shape index (κ1) is 24.3. The third-order valence-corrected chi connectivity index (χ3v) is 8.41. The lowest BCUT2D eigenvalue weighted by molar-refractivity contribution is -0.155. The first-order valence-electron chi connectivity index (χ1n) is 13.1. The molecule has 3 aliphatic heterocycles. The zero-order chi connectivity index (χ0) is 24.6. The Bertz CT molecular complexity index is 948. The molecule has 0 aromatic heterocycles. The number of esters is 1. The predicted octanol–water partition coefficient (Wildman–Crippen LogP) is 1.98. The van der Waals surface area contributed by atoms with Crippen molar-refractivity contribution in [3.05, 3.63) is 35.9 Å². The molecule has 1 saturated carbocycles. The Balaban J connectivity index is 1.50. The number of amides is 2. The zero-order valence-corrected chi connectivity index (χ0v) is 20.4. The molecule has 1 aromatic carbocycles. The number of likely N-dealkylation sites (tertiary alicyclic amines) is 1. The summed E-state index contributed by atoms with van der Waals surface area (Å²) >= 11 is 0. The van der Waals surface area contributed by atoms with E-state index in [-0.39, 0.29) is 31.1 Å². The highest BCUT2D eigenvalue weighted by Gasteiger charge is 2.75. The first-order chi connectivity index (χ1) is 17.0. The van der Waals surface area contributed by atoms with Crippen molar-refractivity contribution in [2.24, 2.45) is 11.8 Å². The molecule has 35 heavy (non-hydrogen) atoms. The highest BCUT2D eigenvalue weighted by molar-refractivity contribution is 5.98. The first-order valence-corrected chi connectivity index (χ1v) is 13.1. The molecule has 2 amide bonds. The summed E-state index contributed by atoms with van der Waals surface area (Å²) in [7, 11) is 0. The second-order valence-electron chi connectivity index (χ2n) is 10.4. The van der Waals surface area contributed by atoms with E-state index >= 15 is 0 Å². The van der Waals surface area contributed by atoms with Gasteiger partial charge in [-0.1, -0.05) is 49.6 Å². The number of nitrogens with zero attached hydrogens (tertiary/aromatic N) is 1. The second kappa shape index (κ2) is 9.90. The number of carbonyl (C=O) groups excluding carboxylic acids is 3. The molecule has 4 aliphatic rings. The lowest BCUT2D eigenvalue weighted by Crippen LogP contribution is -2.59. The van der Waals surface area contributed by atoms with E-state index in [4.69, 9.17) is 9.47 Å². The summed E-state index contributed by atoms with van der Waals surface area (Å²) in [6, 6.07) is 8.23. The van der Waals surface area contributed by atoms with Gasteiger partial charge in [0.1, 0.15) is 11.6 Å². The molecule has 1 aliphatic carbocycles. The van der Waals surface area contributed by atoms with E-state index in [1.54, 1.807) is 11.8 Å². The summed E-state index contributed by atoms with van der Waals surface area (Å²) in [5.41, 5.74) is -0.102. The van der Waals surface area contributed by atoms with Crippen LogP contribution in [0.15, 0.2) is 30.3 Å². The summed E-state index contributed by atoms with van der Waals surface area (Å²) in [4.78, 5) is 42.4. The average Bonchev–Trinajstić information content (AvgIpc) is 3.51. The molecule has 1 spiro atoms. The van der Waals surface area contributed by atoms with Crippen LogP contribution in [0.3, 0.4) is 0 Å². The second-order valence-corrected chi connectivity index (χ2v) is 10.4. The largest absolute Gasteiger partial charge is 0.466 e. The van der Waals surface area contributed by atoms with Gasteiger partial charge in [0.25, 0.3) is 0 Å². The lowest BCUT2D eigenvalue weighted by Gasteiger charge is -2.38. The van der Waals surface area contributed by atoms with Crippen LogP contribution >= 0.6 is 0 Å². The van der Waals surface area contributed by atoms with Crippen molar-refractivity contribution in [3.63, 3.8) is 0 Å². The Kier molecular flexibility index (Phi) is 6.86. The quantitative estimate of drug-likeness (QED) is 0.547. The highest BCUT2D eigenvalue weighted by atomic mass is 16.6. The number of aliphatic hydroxyl groups excluding tert-OH is 1. The van der Waals surface area contributed by atoms with Gasteiger partial charge in [0, 0.05) is 6.04 Å². The van der Waals surface area contributed by atoms with Crippen LogP contribution < -0.4 is 5.32 Å². The fourth-order valence-corrected chi connectivity index (χ4v) is 6.95. The van der Waals surface area contributed by atoms with Crippen LogP contribution in [0, 0.1) is 11.8 Å². The maximum atomic E-state index is 14.0. The van der Waals surface area contributed by atoms with Crippen molar-refractivity contribution >= 4 is 17.8 Å². The molecule has 190 valence electrons. The number of hydrogen-bond donors (Lipinski definition) is 2. The van der Waals surface area contributed by atoms with Crippen molar-refractivity contribution in [1.82, 2.24) is 10.2 Å². The molecule has 1 aromatic rings. The molecule has 0 radical (unpaired) electrons. The maximum Gasteiger partial charge on any atom is 0.312 e. The standard InChI is InChI=1S/C27H36N2O6/c1-2-34-26(33)21-20-13-14-27(35-20)22(21)25(32)29(19(16-30)15-17-9-5-3-6-10-17)23(27)24(31)28-18-11-7-4-8-12-18/h3,5-6,9-10,18-23,30H,2,4,7-8,11-16H2,1H3,(H,28,31)/t19-,20+,21-,22+,23?,27?/m1/s1. The van der Waals surface area contributed by atoms with Crippen molar-refractivity contribution in [3.8, 4) is 0 Å². The Morgan fingerprint density at radius 3 is 2.63 bits per heavy atom. The summed E-state index contributed by atoms with van der Waals surface area (Å²) < 4.78 is 11.8. The molecule has 3 heterocycles. The number of aliphatic hydroxyl groups is 1.